The van der Waals surface area contributed by atoms with Crippen LogP contribution in [0.2, 0.25) is 0 Å². The molecule has 1 unspecified atom stereocenters. The van der Waals surface area contributed by atoms with E-state index < -0.39 is 0 Å². The summed E-state index contributed by atoms with van der Waals surface area (Å²) in [6.07, 6.45) is 1.67. The molecule has 0 bridgehead atoms. The number of methoxy groups -OCH3 is 2. The maximum absolute atomic E-state index is 5.86. The zero-order chi connectivity index (χ0) is 17.4. The first-order valence-electron chi connectivity index (χ1n) is 7.65. The van der Waals surface area contributed by atoms with Crippen molar-refractivity contribution in [2.75, 3.05) is 26.1 Å². The molecule has 1 N–H and O–H groups in total. The molecule has 6 nitrogen and oxygen atoms in total. The van der Waals surface area contributed by atoms with E-state index in [4.69, 9.17) is 14.2 Å². The van der Waals surface area contributed by atoms with Crippen LogP contribution in [0.5, 0.6) is 11.5 Å². The van der Waals surface area contributed by atoms with Crippen LogP contribution in [0.25, 0.3) is 0 Å². The van der Waals surface area contributed by atoms with Gasteiger partial charge in [-0.1, -0.05) is 0 Å². The van der Waals surface area contributed by atoms with Crippen LogP contribution in [0.3, 0.4) is 0 Å². The van der Waals surface area contributed by atoms with E-state index in [1.807, 2.05) is 37.3 Å². The molecule has 2 aromatic rings. The fraction of sp³-hybridized carbons (Fsp3) is 0.333. The highest BCUT2D eigenvalue weighted by molar-refractivity contribution is 5.63. The smallest absolute Gasteiger partial charge is 0.152 e. The number of aromatic nitrogens is 1. The Balaban J connectivity index is 2.12. The van der Waals surface area contributed by atoms with Crippen molar-refractivity contribution in [1.82, 2.24) is 4.98 Å². The van der Waals surface area contributed by atoms with Crippen molar-refractivity contribution in [3.05, 3.63) is 42.1 Å². The third kappa shape index (κ3) is 4.96. The fourth-order valence-corrected chi connectivity index (χ4v) is 2.27. The topological polar surface area (TPSA) is 65.0 Å². The van der Waals surface area contributed by atoms with E-state index in [0.717, 1.165) is 17.1 Å². The normalized spacial score (nSPS) is 11.6. The van der Waals surface area contributed by atoms with Crippen LogP contribution in [0.15, 0.2) is 41.5 Å². The van der Waals surface area contributed by atoms with Crippen LogP contribution in [0.4, 0.5) is 11.5 Å². The predicted molar refractivity (Wildman–Crippen MR) is 95.7 cm³/mol. The molecule has 0 amide bonds. The van der Waals surface area contributed by atoms with Crippen LogP contribution < -0.4 is 14.8 Å². The minimum atomic E-state index is -0.0460. The summed E-state index contributed by atoms with van der Waals surface area (Å²) in [7, 11) is 3.28. The lowest BCUT2D eigenvalue weighted by molar-refractivity contribution is 0.0919. The van der Waals surface area contributed by atoms with Gasteiger partial charge in [-0.05, 0) is 43.5 Å². The number of pyridine rings is 1. The number of nitrogens with zero attached hydrogens (tertiary/aromatic N) is 2. The van der Waals surface area contributed by atoms with Crippen LogP contribution in [0, 0.1) is 0 Å². The monoisotopic (exact) mass is 329 g/mol. The molecule has 1 heterocycles. The number of aliphatic imine (C=N–C) groups is 1. The Morgan fingerprint density at radius 1 is 1.25 bits per heavy atom. The van der Waals surface area contributed by atoms with E-state index in [1.54, 1.807) is 20.4 Å². The number of rotatable bonds is 9. The average Bonchev–Trinajstić information content (AvgIpc) is 2.60. The lowest BCUT2D eigenvalue weighted by atomic mass is 10.2. The first-order valence-corrected chi connectivity index (χ1v) is 7.65. The second-order valence-electron chi connectivity index (χ2n) is 5.28. The molecule has 0 saturated carbocycles. The quantitative estimate of drug-likeness (QED) is 0.714. The van der Waals surface area contributed by atoms with E-state index in [1.165, 1.54) is 0 Å². The Kier molecular flexibility index (Phi) is 6.57. The van der Waals surface area contributed by atoms with Crippen LogP contribution in [0.1, 0.15) is 12.5 Å². The van der Waals surface area contributed by atoms with Gasteiger partial charge in [0.05, 0.1) is 13.7 Å². The van der Waals surface area contributed by atoms with Gasteiger partial charge in [-0.3, -0.25) is 4.99 Å². The molecule has 1 atom stereocenters. The molecule has 0 aliphatic carbocycles. The van der Waals surface area contributed by atoms with Gasteiger partial charge < -0.3 is 19.5 Å². The molecule has 24 heavy (non-hydrogen) atoms. The van der Waals surface area contributed by atoms with Gasteiger partial charge in [0.15, 0.2) is 5.82 Å². The number of ether oxygens (including phenoxy) is 3. The minimum Gasteiger partial charge on any atom is -0.497 e. The van der Waals surface area contributed by atoms with Crippen molar-refractivity contribution < 1.29 is 14.2 Å². The summed E-state index contributed by atoms with van der Waals surface area (Å²) in [5.74, 6) is 2.15. The highest BCUT2D eigenvalue weighted by atomic mass is 16.5. The van der Waals surface area contributed by atoms with Gasteiger partial charge in [-0.25, -0.2) is 4.98 Å². The lowest BCUT2D eigenvalue weighted by Crippen LogP contribution is -2.18. The standard InChI is InChI=1S/C18H23N3O3/c1-13(12-22-3)24-16-9-14(8-15(10-16)23-4)11-21-18-17(19-2)6-5-7-20-18/h5-10,13H,2,11-12H2,1,3-4H3,(H,20,21). The number of anilines is 1. The zero-order valence-corrected chi connectivity index (χ0v) is 14.3. The van der Waals surface area contributed by atoms with E-state index in [0.29, 0.717) is 24.7 Å². The Bertz CT molecular complexity index is 676. The van der Waals surface area contributed by atoms with Gasteiger partial charge in [0, 0.05) is 25.9 Å². The van der Waals surface area contributed by atoms with Crippen LogP contribution in [-0.2, 0) is 11.3 Å². The molecule has 0 fully saturated rings. The number of benzene rings is 1. The third-order valence-corrected chi connectivity index (χ3v) is 3.33. The van der Waals surface area contributed by atoms with E-state index >= 15 is 0 Å². The van der Waals surface area contributed by atoms with Gasteiger partial charge in [-0.2, -0.15) is 0 Å². The van der Waals surface area contributed by atoms with Crippen molar-refractivity contribution >= 4 is 18.2 Å². The van der Waals surface area contributed by atoms with Crippen LogP contribution >= 0.6 is 0 Å². The van der Waals surface area contributed by atoms with Crippen molar-refractivity contribution in [2.24, 2.45) is 4.99 Å². The van der Waals surface area contributed by atoms with Gasteiger partial charge in [0.2, 0.25) is 0 Å². The maximum Gasteiger partial charge on any atom is 0.152 e. The summed E-state index contributed by atoms with van der Waals surface area (Å²) >= 11 is 0. The number of hydrogen-bond donors (Lipinski definition) is 1. The fourth-order valence-electron chi connectivity index (χ4n) is 2.27. The minimum absolute atomic E-state index is 0.0460. The molecule has 0 saturated heterocycles. The van der Waals surface area contributed by atoms with Gasteiger partial charge in [-0.15, -0.1) is 0 Å². The Morgan fingerprint density at radius 3 is 2.75 bits per heavy atom. The van der Waals surface area contributed by atoms with Crippen molar-refractivity contribution in [3.63, 3.8) is 0 Å². The molecule has 0 radical (unpaired) electrons. The lowest BCUT2D eigenvalue weighted by Gasteiger charge is -2.16. The first kappa shape index (κ1) is 17.7. The Morgan fingerprint density at radius 2 is 2.04 bits per heavy atom. The van der Waals surface area contributed by atoms with Gasteiger partial charge in [0.1, 0.15) is 23.3 Å². The largest absolute Gasteiger partial charge is 0.497 e. The third-order valence-electron chi connectivity index (χ3n) is 3.33. The van der Waals surface area contributed by atoms with Gasteiger partial charge >= 0.3 is 0 Å². The van der Waals surface area contributed by atoms with Crippen molar-refractivity contribution in [1.29, 1.82) is 0 Å². The summed E-state index contributed by atoms with van der Waals surface area (Å²) in [5, 5.41) is 3.26. The molecule has 128 valence electrons. The Labute approximate surface area is 142 Å². The summed E-state index contributed by atoms with van der Waals surface area (Å²) in [5.41, 5.74) is 1.72. The molecule has 0 spiro atoms. The summed E-state index contributed by atoms with van der Waals surface area (Å²) in [6.45, 7) is 6.59. The number of nitrogens with one attached hydrogen (secondary N) is 1. The molecule has 2 rings (SSSR count). The second-order valence-corrected chi connectivity index (χ2v) is 5.28. The van der Waals surface area contributed by atoms with Gasteiger partial charge in [0.25, 0.3) is 0 Å². The van der Waals surface area contributed by atoms with E-state index in [9.17, 15) is 0 Å². The number of hydrogen-bond acceptors (Lipinski definition) is 6. The van der Waals surface area contributed by atoms with Crippen molar-refractivity contribution in [3.8, 4) is 11.5 Å². The Hall–Kier alpha value is -2.60. The molecule has 1 aromatic heterocycles. The molecule has 0 aliphatic rings. The summed E-state index contributed by atoms with van der Waals surface area (Å²) in [4.78, 5) is 8.23. The SMILES string of the molecule is C=Nc1cccnc1NCc1cc(OC)cc(OC(C)COC)c1. The molecule has 1 aromatic carbocycles. The zero-order valence-electron chi connectivity index (χ0n) is 14.3. The molecule has 6 heteroatoms. The maximum atomic E-state index is 5.86. The highest BCUT2D eigenvalue weighted by Gasteiger charge is 2.08. The van der Waals surface area contributed by atoms with Crippen LogP contribution in [-0.4, -0.2) is 38.6 Å². The second kappa shape index (κ2) is 8.88. The summed E-state index contributed by atoms with van der Waals surface area (Å²) < 4.78 is 16.3. The highest BCUT2D eigenvalue weighted by Crippen LogP contribution is 2.26. The summed E-state index contributed by atoms with van der Waals surface area (Å²) in [6, 6.07) is 9.45. The average molecular weight is 329 g/mol. The molecular formula is C18H23N3O3. The predicted octanol–water partition coefficient (Wildman–Crippen LogP) is 3.45. The molecular weight excluding hydrogens is 306 g/mol. The van der Waals surface area contributed by atoms with E-state index in [-0.39, 0.29) is 6.10 Å². The first-order chi connectivity index (χ1) is 11.7. The van der Waals surface area contributed by atoms with E-state index in [2.05, 4.69) is 22.0 Å². The molecule has 0 aliphatic heterocycles. The van der Waals surface area contributed by atoms with Crippen molar-refractivity contribution in [2.45, 2.75) is 19.6 Å².